The highest BCUT2D eigenvalue weighted by Crippen LogP contribution is 2.13. The largest absolute Gasteiger partial charge is 0.494 e. The summed E-state index contributed by atoms with van der Waals surface area (Å²) in [6.45, 7) is 7.26. The normalized spacial score (nSPS) is 12.4. The van der Waals surface area contributed by atoms with Crippen LogP contribution in [-0.4, -0.2) is 24.7 Å². The molecule has 0 bridgehead atoms. The van der Waals surface area contributed by atoms with Crippen LogP contribution in [0, 0.1) is 0 Å². The molecule has 0 amide bonds. The van der Waals surface area contributed by atoms with Crippen molar-refractivity contribution in [3.8, 4) is 5.75 Å². The van der Waals surface area contributed by atoms with Crippen LogP contribution in [0.25, 0.3) is 0 Å². The molecule has 19 heavy (non-hydrogen) atoms. The molecule has 2 nitrogen and oxygen atoms in total. The van der Waals surface area contributed by atoms with Crippen molar-refractivity contribution in [1.29, 1.82) is 0 Å². The summed E-state index contributed by atoms with van der Waals surface area (Å²) in [6.07, 6.45) is 5.78. The molecule has 0 aromatic heterocycles. The summed E-state index contributed by atoms with van der Waals surface area (Å²) in [6, 6.07) is 8.43. The molecular formula is C16H27NOS. The van der Waals surface area contributed by atoms with Gasteiger partial charge >= 0.3 is 0 Å². The first kappa shape index (κ1) is 16.4. The quantitative estimate of drug-likeness (QED) is 0.653. The minimum Gasteiger partial charge on any atom is -0.494 e. The Bertz CT molecular complexity index is 326. The van der Waals surface area contributed by atoms with Gasteiger partial charge in [-0.25, -0.2) is 0 Å². The second-order valence-corrected chi connectivity index (χ2v) is 6.15. The lowest BCUT2D eigenvalue weighted by atomic mass is 10.2. The minimum absolute atomic E-state index is 0.668. The van der Waals surface area contributed by atoms with Crippen molar-refractivity contribution in [2.75, 3.05) is 19.4 Å². The average molecular weight is 281 g/mol. The Balaban J connectivity index is 2.23. The van der Waals surface area contributed by atoms with Gasteiger partial charge in [0, 0.05) is 18.3 Å². The monoisotopic (exact) mass is 281 g/mol. The summed E-state index contributed by atoms with van der Waals surface area (Å²) in [7, 11) is 0. The molecule has 3 heteroatoms. The van der Waals surface area contributed by atoms with Gasteiger partial charge in [-0.3, -0.25) is 0 Å². The fourth-order valence-electron chi connectivity index (χ4n) is 1.75. The van der Waals surface area contributed by atoms with E-state index in [4.69, 9.17) is 4.74 Å². The van der Waals surface area contributed by atoms with E-state index in [2.05, 4.69) is 49.7 Å². The number of benzene rings is 1. The lowest BCUT2D eigenvalue weighted by Crippen LogP contribution is -2.21. The molecule has 0 heterocycles. The molecule has 0 saturated carbocycles. The predicted molar refractivity (Wildman–Crippen MR) is 86.1 cm³/mol. The van der Waals surface area contributed by atoms with Crippen LogP contribution in [0.1, 0.15) is 38.7 Å². The van der Waals surface area contributed by atoms with E-state index in [9.17, 15) is 0 Å². The number of hydrogen-bond acceptors (Lipinski definition) is 3. The van der Waals surface area contributed by atoms with E-state index in [1.807, 2.05) is 11.8 Å². The molecule has 1 unspecified atom stereocenters. The summed E-state index contributed by atoms with van der Waals surface area (Å²) in [5.41, 5.74) is 1.31. The van der Waals surface area contributed by atoms with Crippen LogP contribution in [0.15, 0.2) is 24.3 Å². The van der Waals surface area contributed by atoms with Crippen molar-refractivity contribution in [1.82, 2.24) is 5.32 Å². The highest BCUT2D eigenvalue weighted by atomic mass is 32.2. The maximum atomic E-state index is 5.70. The van der Waals surface area contributed by atoms with E-state index in [1.54, 1.807) is 0 Å². The fraction of sp³-hybridized carbons (Fsp3) is 0.625. The summed E-state index contributed by atoms with van der Waals surface area (Å²) >= 11 is 1.89. The number of rotatable bonds is 10. The molecule has 1 atom stereocenters. The van der Waals surface area contributed by atoms with Gasteiger partial charge in [0.1, 0.15) is 5.75 Å². The first-order chi connectivity index (χ1) is 9.26. The van der Waals surface area contributed by atoms with Gasteiger partial charge < -0.3 is 10.1 Å². The van der Waals surface area contributed by atoms with E-state index in [0.29, 0.717) is 5.25 Å². The molecule has 1 rings (SSSR count). The van der Waals surface area contributed by atoms with Gasteiger partial charge in [-0.1, -0.05) is 38.8 Å². The molecule has 0 aliphatic rings. The molecule has 0 radical (unpaired) electrons. The molecule has 1 aromatic carbocycles. The van der Waals surface area contributed by atoms with Crippen LogP contribution in [0.3, 0.4) is 0 Å². The van der Waals surface area contributed by atoms with Gasteiger partial charge in [0.15, 0.2) is 0 Å². The van der Waals surface area contributed by atoms with Crippen LogP contribution in [0.4, 0.5) is 0 Å². The third kappa shape index (κ3) is 7.48. The third-order valence-corrected chi connectivity index (χ3v) is 4.07. The van der Waals surface area contributed by atoms with Gasteiger partial charge in [0.25, 0.3) is 0 Å². The molecule has 0 aliphatic heterocycles. The van der Waals surface area contributed by atoms with Crippen molar-refractivity contribution in [3.05, 3.63) is 29.8 Å². The molecule has 108 valence electrons. The minimum atomic E-state index is 0.668. The van der Waals surface area contributed by atoms with Gasteiger partial charge in [-0.15, -0.1) is 0 Å². The molecule has 0 aliphatic carbocycles. The maximum Gasteiger partial charge on any atom is 0.119 e. The molecular weight excluding hydrogens is 254 g/mol. The molecule has 1 aromatic rings. The SMILES string of the molecule is CCCCCOc1ccc(CNCC(C)SC)cc1. The van der Waals surface area contributed by atoms with E-state index in [-0.39, 0.29) is 0 Å². The van der Waals surface area contributed by atoms with Crippen LogP contribution < -0.4 is 10.1 Å². The smallest absolute Gasteiger partial charge is 0.119 e. The fourth-order valence-corrected chi connectivity index (χ4v) is 2.03. The van der Waals surface area contributed by atoms with Crippen LogP contribution in [0.2, 0.25) is 0 Å². The molecule has 0 saturated heterocycles. The van der Waals surface area contributed by atoms with Crippen molar-refractivity contribution in [3.63, 3.8) is 0 Å². The zero-order valence-electron chi connectivity index (χ0n) is 12.4. The van der Waals surface area contributed by atoms with Crippen molar-refractivity contribution in [2.45, 2.75) is 44.9 Å². The highest BCUT2D eigenvalue weighted by Gasteiger charge is 1.99. The number of hydrogen-bond donors (Lipinski definition) is 1. The zero-order chi connectivity index (χ0) is 13.9. The first-order valence-electron chi connectivity index (χ1n) is 7.21. The Kier molecular flexibility index (Phi) is 8.76. The third-order valence-electron chi connectivity index (χ3n) is 3.10. The topological polar surface area (TPSA) is 21.3 Å². The Morgan fingerprint density at radius 2 is 1.95 bits per heavy atom. The van der Waals surface area contributed by atoms with Crippen molar-refractivity contribution >= 4 is 11.8 Å². The van der Waals surface area contributed by atoms with Crippen LogP contribution >= 0.6 is 11.8 Å². The highest BCUT2D eigenvalue weighted by molar-refractivity contribution is 7.99. The summed E-state index contributed by atoms with van der Waals surface area (Å²) in [5, 5.41) is 4.14. The zero-order valence-corrected chi connectivity index (χ0v) is 13.3. The van der Waals surface area contributed by atoms with E-state index >= 15 is 0 Å². The van der Waals surface area contributed by atoms with Crippen LogP contribution in [0.5, 0.6) is 5.75 Å². The maximum absolute atomic E-state index is 5.70. The molecule has 0 fully saturated rings. The van der Waals surface area contributed by atoms with Gasteiger partial charge in [0.05, 0.1) is 6.61 Å². The van der Waals surface area contributed by atoms with E-state index in [0.717, 1.165) is 31.9 Å². The van der Waals surface area contributed by atoms with E-state index in [1.165, 1.54) is 18.4 Å². The summed E-state index contributed by atoms with van der Waals surface area (Å²) in [4.78, 5) is 0. The van der Waals surface area contributed by atoms with Gasteiger partial charge in [0.2, 0.25) is 0 Å². The Morgan fingerprint density at radius 1 is 1.21 bits per heavy atom. The van der Waals surface area contributed by atoms with Gasteiger partial charge in [-0.05, 0) is 30.4 Å². The van der Waals surface area contributed by atoms with Gasteiger partial charge in [-0.2, -0.15) is 11.8 Å². The second kappa shape index (κ2) is 10.2. The number of nitrogens with one attached hydrogen (secondary N) is 1. The Morgan fingerprint density at radius 3 is 2.58 bits per heavy atom. The number of thioether (sulfide) groups is 1. The van der Waals surface area contributed by atoms with E-state index < -0.39 is 0 Å². The lowest BCUT2D eigenvalue weighted by molar-refractivity contribution is 0.306. The van der Waals surface area contributed by atoms with Crippen molar-refractivity contribution in [2.24, 2.45) is 0 Å². The molecule has 1 N–H and O–H groups in total. The Labute approximate surface area is 122 Å². The predicted octanol–water partition coefficient (Wildman–Crippen LogP) is 4.10. The lowest BCUT2D eigenvalue weighted by Gasteiger charge is -2.10. The summed E-state index contributed by atoms with van der Waals surface area (Å²) in [5.74, 6) is 0.984. The number of ether oxygens (including phenoxy) is 1. The second-order valence-electron chi connectivity index (χ2n) is 4.88. The summed E-state index contributed by atoms with van der Waals surface area (Å²) < 4.78 is 5.70. The average Bonchev–Trinajstić information content (AvgIpc) is 2.45. The number of unbranched alkanes of at least 4 members (excludes halogenated alkanes) is 2. The standard InChI is InChI=1S/C16H27NOS/c1-4-5-6-11-18-16-9-7-15(8-10-16)13-17-12-14(2)19-3/h7-10,14,17H,4-6,11-13H2,1-3H3. The van der Waals surface area contributed by atoms with Crippen molar-refractivity contribution < 1.29 is 4.74 Å². The Hall–Kier alpha value is -0.670. The molecule has 0 spiro atoms. The van der Waals surface area contributed by atoms with Crippen LogP contribution in [-0.2, 0) is 6.54 Å². The first-order valence-corrected chi connectivity index (χ1v) is 8.50.